The van der Waals surface area contributed by atoms with E-state index in [1.54, 1.807) is 11.3 Å². The first kappa shape index (κ1) is 14.6. The second-order valence-corrected chi connectivity index (χ2v) is 6.48. The number of benzene rings is 2. The maximum Gasteiger partial charge on any atom is 0.0591 e. The van der Waals surface area contributed by atoms with Crippen molar-refractivity contribution in [1.82, 2.24) is 5.32 Å². The van der Waals surface area contributed by atoms with Crippen LogP contribution in [0.25, 0.3) is 10.1 Å². The van der Waals surface area contributed by atoms with Gasteiger partial charge in [0.2, 0.25) is 0 Å². The highest BCUT2D eigenvalue weighted by atomic mass is 35.5. The van der Waals surface area contributed by atoms with Gasteiger partial charge in [-0.25, -0.2) is 0 Å². The van der Waals surface area contributed by atoms with E-state index in [9.17, 15) is 0 Å². The highest BCUT2D eigenvalue weighted by Gasteiger charge is 2.17. The predicted octanol–water partition coefficient (Wildman–Crippen LogP) is 5.64. The number of rotatable bonds is 5. The molecule has 21 heavy (non-hydrogen) atoms. The van der Waals surface area contributed by atoms with Gasteiger partial charge in [-0.2, -0.15) is 0 Å². The third-order valence-electron chi connectivity index (χ3n) is 3.60. The summed E-state index contributed by atoms with van der Waals surface area (Å²) in [5.41, 5.74) is 2.56. The number of halogens is 1. The van der Waals surface area contributed by atoms with Gasteiger partial charge in [0, 0.05) is 9.72 Å². The third-order valence-corrected chi connectivity index (χ3v) is 4.82. The van der Waals surface area contributed by atoms with Crippen LogP contribution in [0.5, 0.6) is 0 Å². The maximum atomic E-state index is 6.18. The molecule has 3 rings (SSSR count). The molecule has 0 spiro atoms. The molecule has 0 aliphatic rings. The normalized spacial score (nSPS) is 12.7. The van der Waals surface area contributed by atoms with Gasteiger partial charge in [-0.3, -0.25) is 0 Å². The van der Waals surface area contributed by atoms with E-state index in [0.29, 0.717) is 0 Å². The van der Waals surface area contributed by atoms with Crippen molar-refractivity contribution in [1.29, 1.82) is 0 Å². The fourth-order valence-electron chi connectivity index (χ4n) is 2.60. The number of fused-ring (bicyclic) bond motifs is 1. The molecule has 0 amide bonds. The molecule has 0 bridgehead atoms. The Bertz CT molecular complexity index is 735. The average Bonchev–Trinajstić information content (AvgIpc) is 2.92. The molecule has 1 atom stereocenters. The summed E-state index contributed by atoms with van der Waals surface area (Å²) in [5.74, 6) is 0. The summed E-state index contributed by atoms with van der Waals surface area (Å²) in [6, 6.07) is 16.9. The fourth-order valence-corrected chi connectivity index (χ4v) is 3.79. The van der Waals surface area contributed by atoms with Crippen molar-refractivity contribution in [2.24, 2.45) is 0 Å². The summed E-state index contributed by atoms with van der Waals surface area (Å²) < 4.78 is 1.33. The lowest BCUT2D eigenvalue weighted by molar-refractivity contribution is 0.603. The molecule has 108 valence electrons. The monoisotopic (exact) mass is 315 g/mol. The van der Waals surface area contributed by atoms with Crippen molar-refractivity contribution >= 4 is 33.0 Å². The summed E-state index contributed by atoms with van der Waals surface area (Å²) >= 11 is 7.98. The van der Waals surface area contributed by atoms with Gasteiger partial charge in [-0.1, -0.05) is 48.9 Å². The van der Waals surface area contributed by atoms with Crippen LogP contribution in [-0.2, 0) is 0 Å². The third kappa shape index (κ3) is 3.13. The molecule has 2 aromatic carbocycles. The minimum Gasteiger partial charge on any atom is -0.306 e. The van der Waals surface area contributed by atoms with Crippen LogP contribution in [0.4, 0.5) is 0 Å². The average molecular weight is 316 g/mol. The summed E-state index contributed by atoms with van der Waals surface area (Å²) in [5, 5.41) is 8.04. The first-order chi connectivity index (χ1) is 10.3. The minimum atomic E-state index is 0.194. The summed E-state index contributed by atoms with van der Waals surface area (Å²) in [6.07, 6.45) is 1.11. The molecule has 1 nitrogen and oxygen atoms in total. The smallest absolute Gasteiger partial charge is 0.0591 e. The van der Waals surface area contributed by atoms with Crippen LogP contribution < -0.4 is 5.32 Å². The van der Waals surface area contributed by atoms with Crippen molar-refractivity contribution in [2.45, 2.75) is 19.4 Å². The van der Waals surface area contributed by atoms with Gasteiger partial charge in [0.05, 0.1) is 6.04 Å². The highest BCUT2D eigenvalue weighted by Crippen LogP contribution is 2.34. The predicted molar refractivity (Wildman–Crippen MR) is 93.4 cm³/mol. The number of nitrogens with one attached hydrogen (secondary N) is 1. The van der Waals surface area contributed by atoms with E-state index in [-0.39, 0.29) is 6.04 Å². The van der Waals surface area contributed by atoms with Gasteiger partial charge in [0.25, 0.3) is 0 Å². The molecule has 1 N–H and O–H groups in total. The van der Waals surface area contributed by atoms with Gasteiger partial charge in [0.15, 0.2) is 0 Å². The van der Waals surface area contributed by atoms with Crippen LogP contribution in [0.15, 0.2) is 53.9 Å². The molecular formula is C18H18ClNS. The van der Waals surface area contributed by atoms with Gasteiger partial charge in [0.1, 0.15) is 0 Å². The molecule has 1 heterocycles. The minimum absolute atomic E-state index is 0.194. The molecule has 0 aliphatic heterocycles. The zero-order valence-corrected chi connectivity index (χ0v) is 13.5. The number of hydrogen-bond donors (Lipinski definition) is 1. The molecule has 3 heteroatoms. The van der Waals surface area contributed by atoms with Crippen LogP contribution in [0, 0.1) is 0 Å². The van der Waals surface area contributed by atoms with Crippen molar-refractivity contribution in [3.63, 3.8) is 0 Å². The van der Waals surface area contributed by atoms with Crippen LogP contribution in [0.3, 0.4) is 0 Å². The molecule has 0 fully saturated rings. The largest absolute Gasteiger partial charge is 0.306 e. The van der Waals surface area contributed by atoms with E-state index < -0.39 is 0 Å². The van der Waals surface area contributed by atoms with Crippen molar-refractivity contribution in [3.05, 3.63) is 70.1 Å². The van der Waals surface area contributed by atoms with Gasteiger partial charge >= 0.3 is 0 Å². The van der Waals surface area contributed by atoms with Gasteiger partial charge in [-0.05, 0) is 53.1 Å². The lowest BCUT2D eigenvalue weighted by atomic mass is 9.98. The van der Waals surface area contributed by atoms with Crippen molar-refractivity contribution in [2.75, 3.05) is 6.54 Å². The maximum absolute atomic E-state index is 6.18. The number of hydrogen-bond acceptors (Lipinski definition) is 2. The fraction of sp³-hybridized carbons (Fsp3) is 0.222. The lowest BCUT2D eigenvalue weighted by Crippen LogP contribution is -2.22. The Balaban J connectivity index is 2.06. The summed E-state index contributed by atoms with van der Waals surface area (Å²) in [4.78, 5) is 0. The molecule has 0 saturated carbocycles. The summed E-state index contributed by atoms with van der Waals surface area (Å²) in [6.45, 7) is 3.18. The zero-order chi connectivity index (χ0) is 14.7. The molecule has 1 aromatic heterocycles. The van der Waals surface area contributed by atoms with Gasteiger partial charge in [-0.15, -0.1) is 11.3 Å². The first-order valence-corrected chi connectivity index (χ1v) is 8.50. The quantitative estimate of drug-likeness (QED) is 0.642. The lowest BCUT2D eigenvalue weighted by Gasteiger charge is -2.19. The van der Waals surface area contributed by atoms with E-state index in [0.717, 1.165) is 18.0 Å². The van der Waals surface area contributed by atoms with E-state index in [1.165, 1.54) is 21.2 Å². The SMILES string of the molecule is CCCNC(c1cccc(Cl)c1)c1csc2ccccc12. The van der Waals surface area contributed by atoms with E-state index in [4.69, 9.17) is 11.6 Å². The highest BCUT2D eigenvalue weighted by molar-refractivity contribution is 7.17. The van der Waals surface area contributed by atoms with E-state index >= 15 is 0 Å². The van der Waals surface area contributed by atoms with Gasteiger partial charge < -0.3 is 5.32 Å². The van der Waals surface area contributed by atoms with Crippen LogP contribution in [-0.4, -0.2) is 6.54 Å². The first-order valence-electron chi connectivity index (χ1n) is 7.24. The van der Waals surface area contributed by atoms with Crippen LogP contribution in [0.1, 0.15) is 30.5 Å². The van der Waals surface area contributed by atoms with E-state index in [1.807, 2.05) is 12.1 Å². The van der Waals surface area contributed by atoms with Crippen molar-refractivity contribution in [3.8, 4) is 0 Å². The Kier molecular flexibility index (Phi) is 4.59. The summed E-state index contributed by atoms with van der Waals surface area (Å²) in [7, 11) is 0. The molecule has 0 radical (unpaired) electrons. The number of thiophene rings is 1. The molecular weight excluding hydrogens is 298 g/mol. The Morgan fingerprint density at radius 2 is 2.00 bits per heavy atom. The standard InChI is InChI=1S/C18H18ClNS/c1-2-10-20-18(13-6-5-7-14(19)11-13)16-12-21-17-9-4-3-8-15(16)17/h3-9,11-12,18,20H,2,10H2,1H3. The Morgan fingerprint density at radius 1 is 1.14 bits per heavy atom. The molecule has 0 aliphatic carbocycles. The Morgan fingerprint density at radius 3 is 2.81 bits per heavy atom. The van der Waals surface area contributed by atoms with Crippen LogP contribution in [0.2, 0.25) is 5.02 Å². The Hall–Kier alpha value is -1.35. The Labute approximate surface area is 134 Å². The molecule has 1 unspecified atom stereocenters. The second kappa shape index (κ2) is 6.61. The zero-order valence-electron chi connectivity index (χ0n) is 12.0. The topological polar surface area (TPSA) is 12.0 Å². The van der Waals surface area contributed by atoms with Crippen molar-refractivity contribution < 1.29 is 0 Å². The van der Waals surface area contributed by atoms with Crippen LogP contribution >= 0.6 is 22.9 Å². The molecule has 3 aromatic rings. The molecule has 0 saturated heterocycles. The van der Waals surface area contributed by atoms with E-state index in [2.05, 4.69) is 54.0 Å². The second-order valence-electron chi connectivity index (χ2n) is 5.13.